The Morgan fingerprint density at radius 2 is 1.77 bits per heavy atom. The number of nitrogens with one attached hydrogen (secondary N) is 1. The Labute approximate surface area is 226 Å². The molecule has 11 heteroatoms. The summed E-state index contributed by atoms with van der Waals surface area (Å²) in [6.45, 7) is 2.94. The van der Waals surface area contributed by atoms with Crippen molar-refractivity contribution >= 4 is 39.9 Å². The first kappa shape index (κ1) is 26.8. The molecule has 1 fully saturated rings. The number of ether oxygens (including phenoxy) is 1. The highest BCUT2D eigenvalue weighted by atomic mass is 32.2. The van der Waals surface area contributed by atoms with E-state index in [1.165, 1.54) is 16.7 Å². The van der Waals surface area contributed by atoms with E-state index in [0.717, 1.165) is 48.2 Å². The lowest BCUT2D eigenvalue weighted by Gasteiger charge is -2.29. The Morgan fingerprint density at radius 3 is 2.51 bits per heavy atom. The van der Waals surface area contributed by atoms with Gasteiger partial charge in [-0.3, -0.25) is 14.2 Å². The molecule has 1 aromatic heterocycles. The van der Waals surface area contributed by atoms with Gasteiger partial charge in [-0.05, 0) is 42.0 Å². The minimum absolute atomic E-state index is 0.0409. The summed E-state index contributed by atoms with van der Waals surface area (Å²) in [6, 6.07) is 19.4. The number of alkyl halides is 3. The number of carbonyl (C=O) groups excluding carboxylic acids is 1. The van der Waals surface area contributed by atoms with Crippen LogP contribution in [-0.4, -0.2) is 47.5 Å². The monoisotopic (exact) mass is 554 g/mol. The van der Waals surface area contributed by atoms with Gasteiger partial charge in [-0.15, -0.1) is 0 Å². The zero-order chi connectivity index (χ0) is 27.4. The Kier molecular flexibility index (Phi) is 7.89. The number of hydrogen-bond donors (Lipinski definition) is 1. The molecule has 5 rings (SSSR count). The summed E-state index contributed by atoms with van der Waals surface area (Å²) in [4.78, 5) is 33.2. The lowest BCUT2D eigenvalue weighted by atomic mass is 10.2. The Morgan fingerprint density at radius 1 is 1.00 bits per heavy atom. The highest BCUT2D eigenvalue weighted by molar-refractivity contribution is 7.99. The van der Waals surface area contributed by atoms with E-state index in [-0.39, 0.29) is 23.5 Å². The molecule has 1 aliphatic rings. The van der Waals surface area contributed by atoms with Crippen LogP contribution in [-0.2, 0) is 22.3 Å². The quantitative estimate of drug-likeness (QED) is 0.255. The fraction of sp³-hybridized carbons (Fsp3) is 0.250. The molecule has 3 aromatic carbocycles. The molecule has 1 aliphatic heterocycles. The number of thioether (sulfide) groups is 1. The first-order valence-corrected chi connectivity index (χ1v) is 13.3. The van der Waals surface area contributed by atoms with Crippen molar-refractivity contribution in [3.05, 3.63) is 94.3 Å². The maximum atomic E-state index is 13.7. The molecule has 0 spiro atoms. The van der Waals surface area contributed by atoms with Crippen LogP contribution < -0.4 is 15.8 Å². The van der Waals surface area contributed by atoms with Gasteiger partial charge in [-0.25, -0.2) is 4.98 Å². The van der Waals surface area contributed by atoms with Gasteiger partial charge in [-0.1, -0.05) is 48.2 Å². The molecule has 2 heterocycles. The molecule has 7 nitrogen and oxygen atoms in total. The Bertz CT molecular complexity index is 1540. The smallest absolute Gasteiger partial charge is 0.378 e. The number of rotatable bonds is 7. The molecule has 4 aromatic rings. The second kappa shape index (κ2) is 11.5. The minimum atomic E-state index is -4.51. The second-order valence-electron chi connectivity index (χ2n) is 8.99. The number of benzene rings is 3. The van der Waals surface area contributed by atoms with Crippen LogP contribution in [0.1, 0.15) is 11.1 Å². The van der Waals surface area contributed by atoms with Crippen LogP contribution in [0.5, 0.6) is 0 Å². The average molecular weight is 555 g/mol. The molecule has 1 amide bonds. The lowest BCUT2D eigenvalue weighted by molar-refractivity contribution is -0.137. The summed E-state index contributed by atoms with van der Waals surface area (Å²) in [6.07, 6.45) is -4.51. The number of carbonyl (C=O) groups is 1. The van der Waals surface area contributed by atoms with E-state index in [4.69, 9.17) is 9.72 Å². The maximum absolute atomic E-state index is 13.7. The van der Waals surface area contributed by atoms with Crippen molar-refractivity contribution < 1.29 is 22.7 Å². The van der Waals surface area contributed by atoms with Crippen molar-refractivity contribution in [1.82, 2.24) is 9.55 Å². The molecule has 0 aliphatic carbocycles. The number of aromatic nitrogens is 2. The fourth-order valence-electron chi connectivity index (χ4n) is 4.32. The Hall–Kier alpha value is -3.83. The standard InChI is InChI=1S/C28H25F3N4O3S/c29-28(30,31)20-7-4-8-21(15-20)32-25(36)18-39-27-33-24-10-9-22(34-11-13-38-14-12-34)16-23(24)26(37)35(27)17-19-5-2-1-3-6-19/h1-10,15-16H,11-14,17-18H2,(H,32,36). The van der Waals surface area contributed by atoms with Gasteiger partial charge < -0.3 is 15.0 Å². The number of fused-ring (bicyclic) bond motifs is 1. The van der Waals surface area contributed by atoms with Gasteiger partial charge in [0.1, 0.15) is 0 Å². The molecule has 0 atom stereocenters. The van der Waals surface area contributed by atoms with E-state index in [9.17, 15) is 22.8 Å². The van der Waals surface area contributed by atoms with E-state index in [1.54, 1.807) is 6.07 Å². The lowest BCUT2D eigenvalue weighted by Crippen LogP contribution is -2.36. The van der Waals surface area contributed by atoms with Crippen LogP contribution in [0.15, 0.2) is 82.7 Å². The van der Waals surface area contributed by atoms with E-state index in [2.05, 4.69) is 10.2 Å². The number of amides is 1. The zero-order valence-electron chi connectivity index (χ0n) is 20.8. The number of morpholine rings is 1. The van der Waals surface area contributed by atoms with E-state index in [1.807, 2.05) is 42.5 Å². The maximum Gasteiger partial charge on any atom is 0.416 e. The second-order valence-corrected chi connectivity index (χ2v) is 9.93. The fourth-order valence-corrected chi connectivity index (χ4v) is 5.12. The topological polar surface area (TPSA) is 76.5 Å². The number of hydrogen-bond acceptors (Lipinski definition) is 6. The van der Waals surface area contributed by atoms with Crippen molar-refractivity contribution in [2.45, 2.75) is 17.9 Å². The van der Waals surface area contributed by atoms with E-state index in [0.29, 0.717) is 29.3 Å². The van der Waals surface area contributed by atoms with E-state index < -0.39 is 17.6 Å². The third kappa shape index (κ3) is 6.43. The highest BCUT2D eigenvalue weighted by Crippen LogP contribution is 2.31. The minimum Gasteiger partial charge on any atom is -0.378 e. The molecular formula is C28H25F3N4O3S. The molecule has 39 heavy (non-hydrogen) atoms. The number of halogens is 3. The van der Waals surface area contributed by atoms with Gasteiger partial charge in [0.05, 0.1) is 42.0 Å². The molecule has 202 valence electrons. The molecule has 0 saturated carbocycles. The van der Waals surface area contributed by atoms with Crippen LogP contribution in [0.3, 0.4) is 0 Å². The summed E-state index contributed by atoms with van der Waals surface area (Å²) < 4.78 is 46.0. The predicted octanol–water partition coefficient (Wildman–Crippen LogP) is 5.03. The van der Waals surface area contributed by atoms with Gasteiger partial charge in [0, 0.05) is 24.5 Å². The predicted molar refractivity (Wildman–Crippen MR) is 145 cm³/mol. The Balaban J connectivity index is 1.42. The van der Waals surface area contributed by atoms with Crippen LogP contribution in [0.25, 0.3) is 10.9 Å². The summed E-state index contributed by atoms with van der Waals surface area (Å²) in [7, 11) is 0. The van der Waals surface area contributed by atoms with Crippen molar-refractivity contribution in [3.8, 4) is 0 Å². The summed E-state index contributed by atoms with van der Waals surface area (Å²) in [5.74, 6) is -0.655. The summed E-state index contributed by atoms with van der Waals surface area (Å²) in [5, 5.41) is 3.31. The SMILES string of the molecule is O=C(CSc1nc2ccc(N3CCOCC3)cc2c(=O)n1Cc1ccccc1)Nc1cccc(C(F)(F)F)c1. The molecule has 0 bridgehead atoms. The van der Waals surface area contributed by atoms with Crippen LogP contribution >= 0.6 is 11.8 Å². The summed E-state index contributed by atoms with van der Waals surface area (Å²) in [5.41, 5.74) is 1.26. The van der Waals surface area contributed by atoms with Gasteiger partial charge in [0.15, 0.2) is 5.16 Å². The van der Waals surface area contributed by atoms with Crippen molar-refractivity contribution in [2.75, 3.05) is 42.3 Å². The van der Waals surface area contributed by atoms with Crippen LogP contribution in [0, 0.1) is 0 Å². The first-order chi connectivity index (χ1) is 18.8. The van der Waals surface area contributed by atoms with Crippen LogP contribution in [0.2, 0.25) is 0 Å². The third-order valence-corrected chi connectivity index (χ3v) is 7.24. The van der Waals surface area contributed by atoms with Crippen molar-refractivity contribution in [1.29, 1.82) is 0 Å². The molecule has 0 unspecified atom stereocenters. The molecule has 1 saturated heterocycles. The summed E-state index contributed by atoms with van der Waals surface area (Å²) >= 11 is 1.06. The number of nitrogens with zero attached hydrogens (tertiary/aromatic N) is 3. The first-order valence-electron chi connectivity index (χ1n) is 12.3. The average Bonchev–Trinajstić information content (AvgIpc) is 2.94. The van der Waals surface area contributed by atoms with E-state index >= 15 is 0 Å². The van der Waals surface area contributed by atoms with Gasteiger partial charge in [0.25, 0.3) is 5.56 Å². The molecule has 1 N–H and O–H groups in total. The third-order valence-electron chi connectivity index (χ3n) is 6.27. The zero-order valence-corrected chi connectivity index (χ0v) is 21.6. The van der Waals surface area contributed by atoms with Gasteiger partial charge in [0.2, 0.25) is 5.91 Å². The van der Waals surface area contributed by atoms with Gasteiger partial charge in [-0.2, -0.15) is 13.2 Å². The normalized spacial score (nSPS) is 14.0. The highest BCUT2D eigenvalue weighted by Gasteiger charge is 2.30. The van der Waals surface area contributed by atoms with Gasteiger partial charge >= 0.3 is 6.18 Å². The molecule has 0 radical (unpaired) electrons. The molecular weight excluding hydrogens is 529 g/mol. The van der Waals surface area contributed by atoms with Crippen molar-refractivity contribution in [3.63, 3.8) is 0 Å². The number of anilines is 2. The largest absolute Gasteiger partial charge is 0.416 e. The van der Waals surface area contributed by atoms with Crippen molar-refractivity contribution in [2.24, 2.45) is 0 Å². The van der Waals surface area contributed by atoms with Crippen LogP contribution in [0.4, 0.5) is 24.5 Å².